The number of amides is 1. The summed E-state index contributed by atoms with van der Waals surface area (Å²) in [6, 6.07) is 6.93. The molecule has 6 nitrogen and oxygen atoms in total. The second kappa shape index (κ2) is 5.92. The average Bonchev–Trinajstić information content (AvgIpc) is 3.08. The van der Waals surface area contributed by atoms with Crippen molar-refractivity contribution in [2.45, 2.75) is 24.8 Å². The number of fused-ring (bicyclic) bond motifs is 2. The van der Waals surface area contributed by atoms with E-state index in [4.69, 9.17) is 0 Å². The van der Waals surface area contributed by atoms with E-state index in [1.165, 1.54) is 22.0 Å². The van der Waals surface area contributed by atoms with Crippen LogP contribution in [0.2, 0.25) is 0 Å². The van der Waals surface area contributed by atoms with E-state index in [0.717, 1.165) is 19.4 Å². The molecule has 2 aliphatic rings. The lowest BCUT2D eigenvalue weighted by Crippen LogP contribution is -2.50. The first-order valence-corrected chi connectivity index (χ1v) is 9.06. The molecule has 2 aromatic heterocycles. The lowest BCUT2D eigenvalue weighted by atomic mass is 9.72. The smallest absolute Gasteiger partial charge is 0.229 e. The van der Waals surface area contributed by atoms with Gasteiger partial charge in [0.25, 0.3) is 0 Å². The van der Waals surface area contributed by atoms with Gasteiger partial charge < -0.3 is 15.2 Å². The van der Waals surface area contributed by atoms with Gasteiger partial charge in [0.2, 0.25) is 5.91 Å². The lowest BCUT2D eigenvalue weighted by molar-refractivity contribution is -0.122. The Morgan fingerprint density at radius 3 is 3.12 bits per heavy atom. The van der Waals surface area contributed by atoms with E-state index in [9.17, 15) is 4.79 Å². The van der Waals surface area contributed by atoms with Crippen LogP contribution < -0.4 is 5.32 Å². The van der Waals surface area contributed by atoms with E-state index in [1.807, 2.05) is 0 Å². The molecule has 1 unspecified atom stereocenters. The highest BCUT2D eigenvalue weighted by atomic mass is 16.2. The number of nitrogens with one attached hydrogen (secondary N) is 2. The van der Waals surface area contributed by atoms with Crippen molar-refractivity contribution in [2.75, 3.05) is 18.9 Å². The van der Waals surface area contributed by atoms with Gasteiger partial charge in [-0.25, -0.2) is 4.98 Å². The molecule has 3 heterocycles. The Hall–Kier alpha value is -2.73. The highest BCUT2D eigenvalue weighted by Gasteiger charge is 2.41. The number of piperidine rings is 1. The molecule has 1 aliphatic carbocycles. The fourth-order valence-electron chi connectivity index (χ4n) is 4.72. The minimum Gasteiger partial charge on any atom is -0.361 e. The number of likely N-dealkylation sites (N-methyl/N-ethyl adjacent to an activating group) is 1. The van der Waals surface area contributed by atoms with Crippen LogP contribution in [-0.4, -0.2) is 45.4 Å². The molecule has 2 N–H and O–H groups in total. The molecule has 132 valence electrons. The topological polar surface area (TPSA) is 73.9 Å². The van der Waals surface area contributed by atoms with Gasteiger partial charge in [0.1, 0.15) is 0 Å². The molecule has 26 heavy (non-hydrogen) atoms. The molecule has 1 saturated heterocycles. The van der Waals surface area contributed by atoms with Crippen LogP contribution in [0.5, 0.6) is 0 Å². The van der Waals surface area contributed by atoms with Crippen molar-refractivity contribution in [3.8, 4) is 0 Å². The summed E-state index contributed by atoms with van der Waals surface area (Å²) in [5.74, 6) is 0.862. The molecule has 0 bridgehead atoms. The van der Waals surface area contributed by atoms with E-state index in [1.54, 1.807) is 18.6 Å². The number of aromatic nitrogens is 3. The number of carbonyl (C=O) groups is 1. The summed E-state index contributed by atoms with van der Waals surface area (Å²) in [5, 5.41) is 4.28. The Morgan fingerprint density at radius 2 is 2.27 bits per heavy atom. The summed E-state index contributed by atoms with van der Waals surface area (Å²) in [6.07, 6.45) is 8.83. The maximum atomic E-state index is 12.8. The van der Waals surface area contributed by atoms with Gasteiger partial charge in [-0.05, 0) is 37.1 Å². The Morgan fingerprint density at radius 1 is 1.35 bits per heavy atom. The highest BCUT2D eigenvalue weighted by Crippen LogP contribution is 2.44. The van der Waals surface area contributed by atoms with Gasteiger partial charge in [0.05, 0.1) is 12.1 Å². The summed E-state index contributed by atoms with van der Waals surface area (Å²) in [6.45, 7) is 0.767. The molecule has 1 aromatic carbocycles. The molecule has 6 heteroatoms. The zero-order chi connectivity index (χ0) is 17.7. The first kappa shape index (κ1) is 15.5. The number of benzene rings is 1. The van der Waals surface area contributed by atoms with Crippen LogP contribution in [0.4, 0.5) is 5.82 Å². The van der Waals surface area contributed by atoms with Crippen molar-refractivity contribution in [1.29, 1.82) is 0 Å². The Bertz CT molecular complexity index is 967. The number of H-pyrrole nitrogens is 1. The summed E-state index contributed by atoms with van der Waals surface area (Å²) in [4.78, 5) is 26.7. The highest BCUT2D eigenvalue weighted by molar-refractivity contribution is 5.92. The van der Waals surface area contributed by atoms with Crippen molar-refractivity contribution in [3.63, 3.8) is 0 Å². The minimum atomic E-state index is -0.0565. The zero-order valence-corrected chi connectivity index (χ0v) is 14.6. The largest absolute Gasteiger partial charge is 0.361 e. The molecular weight excluding hydrogens is 326 g/mol. The number of hydrogen-bond donors (Lipinski definition) is 2. The van der Waals surface area contributed by atoms with Crippen LogP contribution in [0.15, 0.2) is 43.0 Å². The first-order valence-electron chi connectivity index (χ1n) is 9.06. The number of carbonyl (C=O) groups excluding carboxylic acids is 1. The van der Waals surface area contributed by atoms with Crippen molar-refractivity contribution in [3.05, 3.63) is 54.1 Å². The molecule has 1 aliphatic heterocycles. The van der Waals surface area contributed by atoms with Gasteiger partial charge in [-0.2, -0.15) is 0 Å². The number of rotatable bonds is 2. The summed E-state index contributed by atoms with van der Waals surface area (Å²) in [5.41, 5.74) is 3.97. The predicted octanol–water partition coefficient (Wildman–Crippen LogP) is 2.56. The van der Waals surface area contributed by atoms with Crippen molar-refractivity contribution >= 4 is 22.6 Å². The fourth-order valence-corrected chi connectivity index (χ4v) is 4.72. The number of anilines is 1. The lowest BCUT2D eigenvalue weighted by Gasteiger charge is -2.45. The Balaban J connectivity index is 1.45. The third-order valence-corrected chi connectivity index (χ3v) is 5.91. The second-order valence-corrected chi connectivity index (χ2v) is 7.41. The van der Waals surface area contributed by atoms with E-state index < -0.39 is 0 Å². The standard InChI is InChI=1S/C20H21N5O/c1-25-11-13(20(26)24-18-10-21-5-6-22-18)7-15-14-3-2-4-16-19(14)12(9-23-16)8-17(15)25/h2-6,9-10,13,15,17,23H,7-8,11H2,1H3,(H,22,24,26)/t13-,15?,17-/m1/s1. The molecule has 3 aromatic rings. The first-order chi connectivity index (χ1) is 12.7. The summed E-state index contributed by atoms with van der Waals surface area (Å²) >= 11 is 0. The maximum Gasteiger partial charge on any atom is 0.229 e. The SMILES string of the molecule is CN1C[C@H](C(=O)Nc2cnccn2)CC2c3cccc4[nH]cc(c34)C[C@H]21. The van der Waals surface area contributed by atoms with Gasteiger partial charge in [-0.3, -0.25) is 9.78 Å². The van der Waals surface area contributed by atoms with Crippen LogP contribution in [-0.2, 0) is 11.2 Å². The van der Waals surface area contributed by atoms with Crippen LogP contribution in [0.3, 0.4) is 0 Å². The fraction of sp³-hybridized carbons (Fsp3) is 0.350. The summed E-state index contributed by atoms with van der Waals surface area (Å²) < 4.78 is 0. The van der Waals surface area contributed by atoms with Gasteiger partial charge in [0.15, 0.2) is 5.82 Å². The number of aromatic amines is 1. The van der Waals surface area contributed by atoms with E-state index in [0.29, 0.717) is 17.8 Å². The Kier molecular flexibility index (Phi) is 3.53. The van der Waals surface area contributed by atoms with Crippen LogP contribution in [0.1, 0.15) is 23.5 Å². The predicted molar refractivity (Wildman–Crippen MR) is 99.9 cm³/mol. The maximum absolute atomic E-state index is 12.8. The molecule has 1 amide bonds. The average molecular weight is 347 g/mol. The quantitative estimate of drug-likeness (QED) is 0.747. The molecular formula is C20H21N5O. The molecule has 0 saturated carbocycles. The van der Waals surface area contributed by atoms with Crippen LogP contribution in [0.25, 0.3) is 10.9 Å². The van der Waals surface area contributed by atoms with Crippen molar-refractivity contribution in [2.24, 2.45) is 5.92 Å². The van der Waals surface area contributed by atoms with Gasteiger partial charge in [-0.15, -0.1) is 0 Å². The molecule has 0 spiro atoms. The normalized spacial score (nSPS) is 25.0. The molecule has 5 rings (SSSR count). The van der Waals surface area contributed by atoms with Crippen LogP contribution >= 0.6 is 0 Å². The minimum absolute atomic E-state index is 0.0304. The van der Waals surface area contributed by atoms with E-state index in [-0.39, 0.29) is 11.8 Å². The Labute approximate surface area is 151 Å². The van der Waals surface area contributed by atoms with Gasteiger partial charge in [0, 0.05) is 48.0 Å². The third kappa shape index (κ3) is 2.41. The molecule has 3 atom stereocenters. The van der Waals surface area contributed by atoms with E-state index >= 15 is 0 Å². The van der Waals surface area contributed by atoms with Gasteiger partial charge >= 0.3 is 0 Å². The third-order valence-electron chi connectivity index (χ3n) is 5.91. The van der Waals surface area contributed by atoms with Gasteiger partial charge in [-0.1, -0.05) is 12.1 Å². The zero-order valence-electron chi connectivity index (χ0n) is 14.6. The van der Waals surface area contributed by atoms with Crippen LogP contribution in [0, 0.1) is 5.92 Å². The summed E-state index contributed by atoms with van der Waals surface area (Å²) in [7, 11) is 2.14. The molecule has 0 radical (unpaired) electrons. The number of likely N-dealkylation sites (tertiary alicyclic amines) is 1. The number of nitrogens with zero attached hydrogens (tertiary/aromatic N) is 3. The monoisotopic (exact) mass is 347 g/mol. The van der Waals surface area contributed by atoms with Crippen molar-refractivity contribution < 1.29 is 4.79 Å². The van der Waals surface area contributed by atoms with Crippen molar-refractivity contribution in [1.82, 2.24) is 19.9 Å². The second-order valence-electron chi connectivity index (χ2n) is 7.41. The molecule has 1 fully saturated rings. The van der Waals surface area contributed by atoms with E-state index in [2.05, 4.69) is 56.6 Å². The number of hydrogen-bond acceptors (Lipinski definition) is 4.